The zero-order chi connectivity index (χ0) is 6.10. The van der Waals surface area contributed by atoms with Crippen molar-refractivity contribution >= 4 is 0 Å². The average molecular weight is 130 g/mol. The van der Waals surface area contributed by atoms with Crippen LogP contribution in [-0.4, -0.2) is 19.0 Å². The van der Waals surface area contributed by atoms with Crippen LogP contribution in [0.5, 0.6) is 0 Å². The molecule has 4 N–H and O–H groups in total. The number of hydroxylamine groups is 2. The van der Waals surface area contributed by atoms with Gasteiger partial charge in [-0.1, -0.05) is 0 Å². The third-order valence-electron chi connectivity index (χ3n) is 1.53. The van der Waals surface area contributed by atoms with Crippen molar-refractivity contribution in [1.29, 1.82) is 0 Å². The first-order valence-electron chi connectivity index (χ1n) is 3.11. The molecule has 2 unspecified atom stereocenters. The largest absolute Gasteiger partial charge is 0.288 e. The van der Waals surface area contributed by atoms with Gasteiger partial charge in [0.15, 0.2) is 0 Å². The zero-order valence-corrected chi connectivity index (χ0v) is 4.98. The lowest BCUT2D eigenvalue weighted by molar-refractivity contribution is -0.143. The first-order chi connectivity index (χ1) is 4.45. The van der Waals surface area contributed by atoms with Crippen LogP contribution in [0.2, 0.25) is 0 Å². The number of fused-ring (bicyclic) bond motifs is 2. The molecule has 5 nitrogen and oxygen atoms in total. The topological polar surface area (TPSA) is 57.4 Å². The molecule has 0 aliphatic carbocycles. The van der Waals surface area contributed by atoms with E-state index in [0.717, 1.165) is 13.0 Å². The van der Waals surface area contributed by atoms with E-state index in [-0.39, 0.29) is 6.29 Å². The first kappa shape index (κ1) is 5.57. The van der Waals surface area contributed by atoms with Gasteiger partial charge in [0.05, 0.1) is 6.17 Å². The molecule has 0 spiro atoms. The Morgan fingerprint density at radius 3 is 3.11 bits per heavy atom. The predicted octanol–water partition coefficient (Wildman–Crippen LogP) is -1.78. The van der Waals surface area contributed by atoms with Gasteiger partial charge in [-0.25, -0.2) is 4.94 Å². The quantitative estimate of drug-likeness (QED) is 0.312. The van der Waals surface area contributed by atoms with E-state index in [1.54, 1.807) is 0 Å². The molecule has 0 aromatic rings. The van der Waals surface area contributed by atoms with Crippen LogP contribution in [0, 0.1) is 0 Å². The molecule has 2 aliphatic heterocycles. The second kappa shape index (κ2) is 2.20. The second-order valence-electron chi connectivity index (χ2n) is 2.23. The Labute approximate surface area is 53.0 Å². The Morgan fingerprint density at radius 1 is 1.33 bits per heavy atom. The van der Waals surface area contributed by atoms with Crippen LogP contribution in [0.15, 0.2) is 0 Å². The molecule has 5 heteroatoms. The van der Waals surface area contributed by atoms with Crippen LogP contribution in [0.1, 0.15) is 6.42 Å². The van der Waals surface area contributed by atoms with Gasteiger partial charge in [-0.05, 0) is 6.42 Å². The zero-order valence-electron chi connectivity index (χ0n) is 4.98. The summed E-state index contributed by atoms with van der Waals surface area (Å²) in [6.45, 7) is 1.02. The summed E-state index contributed by atoms with van der Waals surface area (Å²) in [7, 11) is 0. The standard InChI is InChI=1S/C4H10N4O/c1-2-5-4-6-3(1)7-9-8-4/h3-8H,1-2H2. The van der Waals surface area contributed by atoms with Crippen molar-refractivity contribution in [1.82, 2.24) is 21.6 Å². The van der Waals surface area contributed by atoms with E-state index in [9.17, 15) is 0 Å². The molecular weight excluding hydrogens is 120 g/mol. The Bertz CT molecular complexity index is 88.7. The molecule has 0 aromatic heterocycles. The van der Waals surface area contributed by atoms with Crippen molar-refractivity contribution in [2.24, 2.45) is 0 Å². The van der Waals surface area contributed by atoms with E-state index < -0.39 is 0 Å². The maximum absolute atomic E-state index is 4.81. The summed E-state index contributed by atoms with van der Waals surface area (Å²) in [4.78, 5) is 4.81. The van der Waals surface area contributed by atoms with E-state index in [2.05, 4.69) is 21.6 Å². The SMILES string of the molecule is C1CC2NONC(N1)N2. The molecule has 2 heterocycles. The van der Waals surface area contributed by atoms with E-state index in [1.807, 2.05) is 0 Å². The molecule has 2 aliphatic rings. The molecule has 0 aromatic carbocycles. The minimum absolute atomic E-state index is 0.116. The van der Waals surface area contributed by atoms with Gasteiger partial charge in [-0.3, -0.25) is 10.6 Å². The van der Waals surface area contributed by atoms with Crippen LogP contribution < -0.4 is 21.6 Å². The number of hydrogen-bond donors (Lipinski definition) is 4. The summed E-state index contributed by atoms with van der Waals surface area (Å²) < 4.78 is 0. The van der Waals surface area contributed by atoms with Gasteiger partial charge in [0.25, 0.3) is 0 Å². The Hall–Kier alpha value is -0.200. The molecule has 0 amide bonds. The normalized spacial score (nSPS) is 42.7. The van der Waals surface area contributed by atoms with Crippen LogP contribution >= 0.6 is 0 Å². The monoisotopic (exact) mass is 130 g/mol. The molecular formula is C4H10N4O. The highest BCUT2D eigenvalue weighted by Crippen LogP contribution is 1.97. The number of nitrogens with one attached hydrogen (secondary N) is 4. The van der Waals surface area contributed by atoms with E-state index in [4.69, 9.17) is 4.94 Å². The Balaban J connectivity index is 1.96. The molecule has 9 heavy (non-hydrogen) atoms. The molecule has 2 rings (SSSR count). The molecule has 0 radical (unpaired) electrons. The highest BCUT2D eigenvalue weighted by Gasteiger charge is 2.23. The van der Waals surface area contributed by atoms with Crippen molar-refractivity contribution in [2.45, 2.75) is 18.9 Å². The van der Waals surface area contributed by atoms with Crippen molar-refractivity contribution in [3.63, 3.8) is 0 Å². The molecule has 2 atom stereocenters. The fraction of sp³-hybridized carbons (Fsp3) is 1.00. The smallest absolute Gasteiger partial charge is 0.137 e. The van der Waals surface area contributed by atoms with Crippen molar-refractivity contribution in [2.75, 3.05) is 6.54 Å². The van der Waals surface area contributed by atoms with Crippen LogP contribution in [0.3, 0.4) is 0 Å². The number of rotatable bonds is 0. The third kappa shape index (κ3) is 1.05. The lowest BCUT2D eigenvalue weighted by Crippen LogP contribution is -2.69. The molecule has 2 saturated heterocycles. The third-order valence-corrected chi connectivity index (χ3v) is 1.53. The number of hydrogen-bond acceptors (Lipinski definition) is 5. The fourth-order valence-electron chi connectivity index (χ4n) is 1.05. The molecule has 2 bridgehead atoms. The van der Waals surface area contributed by atoms with Crippen molar-refractivity contribution < 1.29 is 4.94 Å². The lowest BCUT2D eigenvalue weighted by atomic mass is 10.3. The van der Waals surface area contributed by atoms with Crippen molar-refractivity contribution in [3.8, 4) is 0 Å². The summed E-state index contributed by atoms with van der Waals surface area (Å²) in [6, 6.07) is 0. The Kier molecular flexibility index (Phi) is 1.36. The first-order valence-corrected chi connectivity index (χ1v) is 3.11. The average Bonchev–Trinajstić information content (AvgIpc) is 1.88. The summed E-state index contributed by atoms with van der Waals surface area (Å²) in [5.74, 6) is 0. The highest BCUT2D eigenvalue weighted by atomic mass is 16.8. The van der Waals surface area contributed by atoms with Gasteiger partial charge in [0.1, 0.15) is 6.29 Å². The summed E-state index contributed by atoms with van der Waals surface area (Å²) in [5.41, 5.74) is 5.51. The van der Waals surface area contributed by atoms with Gasteiger partial charge in [0.2, 0.25) is 0 Å². The van der Waals surface area contributed by atoms with Gasteiger partial charge in [-0.15, -0.1) is 0 Å². The Morgan fingerprint density at radius 2 is 2.33 bits per heavy atom. The van der Waals surface area contributed by atoms with Gasteiger partial charge in [0, 0.05) is 6.54 Å². The van der Waals surface area contributed by atoms with E-state index in [1.165, 1.54) is 0 Å². The molecule has 2 fully saturated rings. The van der Waals surface area contributed by atoms with Crippen LogP contribution in [-0.2, 0) is 4.94 Å². The minimum atomic E-state index is 0.116. The lowest BCUT2D eigenvalue weighted by Gasteiger charge is -2.36. The second-order valence-corrected chi connectivity index (χ2v) is 2.23. The minimum Gasteiger partial charge on any atom is -0.288 e. The van der Waals surface area contributed by atoms with Crippen LogP contribution in [0.25, 0.3) is 0 Å². The predicted molar refractivity (Wildman–Crippen MR) is 30.7 cm³/mol. The maximum atomic E-state index is 4.81. The fourth-order valence-corrected chi connectivity index (χ4v) is 1.05. The van der Waals surface area contributed by atoms with E-state index in [0.29, 0.717) is 6.17 Å². The summed E-state index contributed by atoms with van der Waals surface area (Å²) in [6.07, 6.45) is 1.47. The van der Waals surface area contributed by atoms with Crippen LogP contribution in [0.4, 0.5) is 0 Å². The summed E-state index contributed by atoms with van der Waals surface area (Å²) in [5, 5.41) is 6.36. The van der Waals surface area contributed by atoms with Crippen molar-refractivity contribution in [3.05, 3.63) is 0 Å². The molecule has 52 valence electrons. The van der Waals surface area contributed by atoms with Gasteiger partial charge >= 0.3 is 0 Å². The van der Waals surface area contributed by atoms with E-state index >= 15 is 0 Å². The highest BCUT2D eigenvalue weighted by molar-refractivity contribution is 4.74. The molecule has 0 saturated carbocycles. The summed E-state index contributed by atoms with van der Waals surface area (Å²) >= 11 is 0. The van der Waals surface area contributed by atoms with Gasteiger partial charge < -0.3 is 0 Å². The van der Waals surface area contributed by atoms with Gasteiger partial charge in [-0.2, -0.15) is 11.0 Å². The maximum Gasteiger partial charge on any atom is 0.137 e.